The summed E-state index contributed by atoms with van der Waals surface area (Å²) in [5.41, 5.74) is 0.662. The molecule has 96 valence electrons. The standard InChI is InChI=1S/C11H18BrN3OS/c1-7(2)15-11(16)10(12)9(6-14-15)13-5-8(3)17-4/h6-8,13H,5H2,1-4H3. The molecule has 0 spiro atoms. The Bertz CT molecular complexity index is 433. The maximum atomic E-state index is 12.0. The Labute approximate surface area is 114 Å². The van der Waals surface area contributed by atoms with Crippen LogP contribution in [-0.2, 0) is 0 Å². The Morgan fingerprint density at radius 1 is 1.53 bits per heavy atom. The van der Waals surface area contributed by atoms with Gasteiger partial charge in [-0.25, -0.2) is 4.68 Å². The quantitative estimate of drug-likeness (QED) is 0.906. The van der Waals surface area contributed by atoms with E-state index in [0.717, 1.165) is 12.2 Å². The highest BCUT2D eigenvalue weighted by atomic mass is 79.9. The van der Waals surface area contributed by atoms with E-state index in [1.54, 1.807) is 18.0 Å². The average Bonchev–Trinajstić information content (AvgIpc) is 2.30. The molecule has 1 aromatic rings. The van der Waals surface area contributed by atoms with E-state index in [1.807, 2.05) is 13.8 Å². The van der Waals surface area contributed by atoms with Gasteiger partial charge in [0.15, 0.2) is 0 Å². The number of halogens is 1. The fourth-order valence-corrected chi connectivity index (χ4v) is 1.95. The number of nitrogens with zero attached hydrogens (tertiary/aromatic N) is 2. The van der Waals surface area contributed by atoms with Gasteiger partial charge in [0, 0.05) is 11.8 Å². The van der Waals surface area contributed by atoms with Crippen LogP contribution in [0.5, 0.6) is 0 Å². The van der Waals surface area contributed by atoms with Gasteiger partial charge >= 0.3 is 0 Å². The highest BCUT2D eigenvalue weighted by Gasteiger charge is 2.11. The number of aromatic nitrogens is 2. The Balaban J connectivity index is 2.90. The van der Waals surface area contributed by atoms with Crippen molar-refractivity contribution in [2.45, 2.75) is 32.1 Å². The van der Waals surface area contributed by atoms with Crippen molar-refractivity contribution in [2.75, 3.05) is 18.1 Å². The normalized spacial score (nSPS) is 12.8. The molecule has 0 saturated carbocycles. The molecule has 0 radical (unpaired) electrons. The van der Waals surface area contributed by atoms with Crippen LogP contribution >= 0.6 is 27.7 Å². The number of hydrogen-bond acceptors (Lipinski definition) is 4. The Morgan fingerprint density at radius 3 is 2.71 bits per heavy atom. The number of hydrogen-bond donors (Lipinski definition) is 1. The lowest BCUT2D eigenvalue weighted by atomic mass is 10.3. The van der Waals surface area contributed by atoms with Crippen LogP contribution < -0.4 is 10.9 Å². The molecule has 0 bridgehead atoms. The van der Waals surface area contributed by atoms with Gasteiger partial charge in [-0.1, -0.05) is 6.92 Å². The topological polar surface area (TPSA) is 46.9 Å². The van der Waals surface area contributed by atoms with E-state index in [4.69, 9.17) is 0 Å². The highest BCUT2D eigenvalue weighted by molar-refractivity contribution is 9.10. The van der Waals surface area contributed by atoms with Crippen LogP contribution in [0.1, 0.15) is 26.8 Å². The van der Waals surface area contributed by atoms with Crippen LogP contribution in [0.15, 0.2) is 15.5 Å². The average molecular weight is 320 g/mol. The summed E-state index contributed by atoms with van der Waals surface area (Å²) in [4.78, 5) is 12.0. The first kappa shape index (κ1) is 14.6. The van der Waals surface area contributed by atoms with Crippen molar-refractivity contribution in [3.8, 4) is 0 Å². The molecular formula is C11H18BrN3OS. The second kappa shape index (κ2) is 6.44. The molecule has 1 rings (SSSR count). The lowest BCUT2D eigenvalue weighted by Gasteiger charge is -2.14. The minimum atomic E-state index is -0.0956. The van der Waals surface area contributed by atoms with Crippen LogP contribution in [-0.4, -0.2) is 27.8 Å². The fraction of sp³-hybridized carbons (Fsp3) is 0.636. The van der Waals surface area contributed by atoms with E-state index in [1.165, 1.54) is 4.68 Å². The molecule has 0 aromatic carbocycles. The Hall–Kier alpha value is -0.490. The van der Waals surface area contributed by atoms with Crippen molar-refractivity contribution in [2.24, 2.45) is 0 Å². The van der Waals surface area contributed by atoms with E-state index in [0.29, 0.717) is 9.72 Å². The summed E-state index contributed by atoms with van der Waals surface area (Å²) in [7, 11) is 0. The molecule has 0 aliphatic heterocycles. The van der Waals surface area contributed by atoms with Gasteiger partial charge in [-0.05, 0) is 36.0 Å². The maximum absolute atomic E-state index is 12.0. The monoisotopic (exact) mass is 319 g/mol. The van der Waals surface area contributed by atoms with E-state index >= 15 is 0 Å². The summed E-state index contributed by atoms with van der Waals surface area (Å²) in [5.74, 6) is 0. The van der Waals surface area contributed by atoms with Crippen molar-refractivity contribution in [3.63, 3.8) is 0 Å². The van der Waals surface area contributed by atoms with Gasteiger partial charge in [0.05, 0.1) is 17.9 Å². The molecular weight excluding hydrogens is 302 g/mol. The summed E-state index contributed by atoms with van der Waals surface area (Å²) in [5, 5.41) is 7.87. The minimum absolute atomic E-state index is 0.0676. The second-order valence-corrected chi connectivity index (χ2v) is 6.21. The number of nitrogens with one attached hydrogen (secondary N) is 1. The Morgan fingerprint density at radius 2 is 2.18 bits per heavy atom. The summed E-state index contributed by atoms with van der Waals surface area (Å²) >= 11 is 5.11. The van der Waals surface area contributed by atoms with Gasteiger partial charge < -0.3 is 5.32 Å². The summed E-state index contributed by atoms with van der Waals surface area (Å²) in [6.07, 6.45) is 3.76. The zero-order valence-electron chi connectivity index (χ0n) is 10.5. The predicted molar refractivity (Wildman–Crippen MR) is 78.0 cm³/mol. The zero-order chi connectivity index (χ0) is 13.0. The van der Waals surface area contributed by atoms with Crippen molar-refractivity contribution < 1.29 is 0 Å². The smallest absolute Gasteiger partial charge is 0.283 e. The lowest BCUT2D eigenvalue weighted by Crippen LogP contribution is -2.26. The minimum Gasteiger partial charge on any atom is -0.382 e. The van der Waals surface area contributed by atoms with Crippen molar-refractivity contribution in [3.05, 3.63) is 21.0 Å². The summed E-state index contributed by atoms with van der Waals surface area (Å²) in [6, 6.07) is 0.0676. The SMILES string of the molecule is CSC(C)CNc1cnn(C(C)C)c(=O)c1Br. The first-order valence-corrected chi connectivity index (χ1v) is 7.59. The van der Waals surface area contributed by atoms with Crippen molar-refractivity contribution >= 4 is 33.4 Å². The molecule has 17 heavy (non-hydrogen) atoms. The third-order valence-electron chi connectivity index (χ3n) is 2.42. The molecule has 6 heteroatoms. The van der Waals surface area contributed by atoms with E-state index in [9.17, 15) is 4.79 Å². The van der Waals surface area contributed by atoms with Crippen LogP contribution in [0.25, 0.3) is 0 Å². The molecule has 0 amide bonds. The molecule has 1 aromatic heterocycles. The third kappa shape index (κ3) is 3.74. The largest absolute Gasteiger partial charge is 0.382 e. The van der Waals surface area contributed by atoms with Crippen molar-refractivity contribution in [1.82, 2.24) is 9.78 Å². The number of thioether (sulfide) groups is 1. The van der Waals surface area contributed by atoms with E-state index < -0.39 is 0 Å². The fourth-order valence-electron chi connectivity index (χ4n) is 1.27. The maximum Gasteiger partial charge on any atom is 0.283 e. The molecule has 0 saturated heterocycles. The Kier molecular flexibility index (Phi) is 5.52. The molecule has 1 N–H and O–H groups in total. The predicted octanol–water partition coefficient (Wildman–Crippen LogP) is 2.75. The van der Waals surface area contributed by atoms with Gasteiger partial charge in [-0.2, -0.15) is 16.9 Å². The molecule has 0 fully saturated rings. The molecule has 0 aliphatic carbocycles. The molecule has 4 nitrogen and oxygen atoms in total. The van der Waals surface area contributed by atoms with Gasteiger partial charge in [-0.15, -0.1) is 0 Å². The van der Waals surface area contributed by atoms with Gasteiger partial charge in [0.25, 0.3) is 5.56 Å². The summed E-state index contributed by atoms with van der Waals surface area (Å²) in [6.45, 7) is 6.81. The second-order valence-electron chi connectivity index (χ2n) is 4.14. The number of rotatable bonds is 5. The third-order valence-corrected chi connectivity index (χ3v) is 4.15. The van der Waals surface area contributed by atoms with Crippen molar-refractivity contribution in [1.29, 1.82) is 0 Å². The molecule has 1 unspecified atom stereocenters. The van der Waals surface area contributed by atoms with Crippen LogP contribution in [0.3, 0.4) is 0 Å². The van der Waals surface area contributed by atoms with E-state index in [-0.39, 0.29) is 11.6 Å². The van der Waals surface area contributed by atoms with Gasteiger partial charge in [-0.3, -0.25) is 4.79 Å². The van der Waals surface area contributed by atoms with E-state index in [2.05, 4.69) is 39.5 Å². The van der Waals surface area contributed by atoms with Crippen LogP contribution in [0.4, 0.5) is 5.69 Å². The highest BCUT2D eigenvalue weighted by Crippen LogP contribution is 2.18. The zero-order valence-corrected chi connectivity index (χ0v) is 12.9. The number of anilines is 1. The van der Waals surface area contributed by atoms with Crippen LogP contribution in [0, 0.1) is 0 Å². The van der Waals surface area contributed by atoms with Crippen LogP contribution in [0.2, 0.25) is 0 Å². The summed E-state index contributed by atoms with van der Waals surface area (Å²) < 4.78 is 2.02. The first-order valence-electron chi connectivity index (χ1n) is 5.51. The first-order chi connectivity index (χ1) is 7.97. The van der Waals surface area contributed by atoms with Gasteiger partial charge in [0.2, 0.25) is 0 Å². The molecule has 0 aliphatic rings. The van der Waals surface area contributed by atoms with Gasteiger partial charge in [0.1, 0.15) is 4.47 Å². The molecule has 1 atom stereocenters. The lowest BCUT2D eigenvalue weighted by molar-refractivity contribution is 0.501. The molecule has 1 heterocycles.